The van der Waals surface area contributed by atoms with Crippen LogP contribution in [0.1, 0.15) is 6.92 Å². The van der Waals surface area contributed by atoms with Gasteiger partial charge in [0.1, 0.15) is 0 Å². The molecule has 84 valence electrons. The second-order valence-corrected chi connectivity index (χ2v) is 3.99. The van der Waals surface area contributed by atoms with E-state index < -0.39 is 5.82 Å². The maximum Gasteiger partial charge on any atom is 0.256 e. The minimum absolute atomic E-state index is 0.0566. The van der Waals surface area contributed by atoms with E-state index in [1.807, 2.05) is 6.92 Å². The predicted octanol–water partition coefficient (Wildman–Crippen LogP) is 2.99. The first-order chi connectivity index (χ1) is 7.69. The number of hydrogen-bond donors (Lipinski definition) is 0. The van der Waals surface area contributed by atoms with E-state index in [0.717, 1.165) is 6.54 Å². The highest BCUT2D eigenvalue weighted by atomic mass is 79.9. The van der Waals surface area contributed by atoms with Gasteiger partial charge < -0.3 is 4.74 Å². The van der Waals surface area contributed by atoms with Crippen LogP contribution in [0.25, 0.3) is 0 Å². The van der Waals surface area contributed by atoms with Crippen molar-refractivity contribution in [3.63, 3.8) is 0 Å². The van der Waals surface area contributed by atoms with Crippen molar-refractivity contribution in [2.75, 3.05) is 0 Å². The number of ether oxygens (including phenoxy) is 1. The van der Waals surface area contributed by atoms with Crippen molar-refractivity contribution in [2.24, 2.45) is 0 Å². The monoisotopic (exact) mass is 285 g/mol. The Morgan fingerprint density at radius 3 is 2.94 bits per heavy atom. The third-order valence-electron chi connectivity index (χ3n) is 1.92. The van der Waals surface area contributed by atoms with Crippen LogP contribution < -0.4 is 4.74 Å². The number of hydrogen-bond acceptors (Lipinski definition) is 3. The van der Waals surface area contributed by atoms with Crippen LogP contribution in [0.3, 0.4) is 0 Å². The van der Waals surface area contributed by atoms with Gasteiger partial charge in [-0.1, -0.05) is 0 Å². The van der Waals surface area contributed by atoms with E-state index >= 15 is 0 Å². The molecular weight excluding hydrogens is 277 g/mol. The second-order valence-electron chi connectivity index (χ2n) is 3.07. The largest absolute Gasteiger partial charge is 0.433 e. The maximum atomic E-state index is 13.4. The lowest BCUT2D eigenvalue weighted by molar-refractivity contribution is 0.421. The highest BCUT2D eigenvalue weighted by molar-refractivity contribution is 9.10. The average molecular weight is 286 g/mol. The van der Waals surface area contributed by atoms with Crippen LogP contribution in [-0.2, 0) is 6.54 Å². The first-order valence-corrected chi connectivity index (χ1v) is 5.49. The molecule has 0 unspecified atom stereocenters. The van der Waals surface area contributed by atoms with Gasteiger partial charge in [0.15, 0.2) is 11.6 Å². The molecule has 0 aliphatic carbocycles. The quantitative estimate of drug-likeness (QED) is 0.870. The summed E-state index contributed by atoms with van der Waals surface area (Å²) < 4.78 is 20.9. The number of aryl methyl sites for hydroxylation is 1. The fraction of sp³-hybridized carbons (Fsp3) is 0.200. The van der Waals surface area contributed by atoms with Gasteiger partial charge in [-0.25, -0.2) is 9.37 Å². The van der Waals surface area contributed by atoms with E-state index in [2.05, 4.69) is 26.0 Å². The fourth-order valence-electron chi connectivity index (χ4n) is 1.16. The van der Waals surface area contributed by atoms with Crippen molar-refractivity contribution >= 4 is 15.9 Å². The predicted molar refractivity (Wildman–Crippen MR) is 59.9 cm³/mol. The van der Waals surface area contributed by atoms with Crippen LogP contribution in [0.15, 0.2) is 29.1 Å². The van der Waals surface area contributed by atoms with Gasteiger partial charge in [0, 0.05) is 17.2 Å². The summed E-state index contributed by atoms with van der Waals surface area (Å²) in [5.41, 5.74) is 0. The van der Waals surface area contributed by atoms with E-state index in [-0.39, 0.29) is 5.88 Å². The standard InChI is InChI=1S/C10H9BrFN3O/c1-2-15-6-8(5-14-15)16-10-9(12)3-7(11)4-13-10/h3-6H,2H2,1H3. The third kappa shape index (κ3) is 2.38. The molecule has 0 aliphatic rings. The summed E-state index contributed by atoms with van der Waals surface area (Å²) in [4.78, 5) is 3.83. The van der Waals surface area contributed by atoms with Crippen molar-refractivity contribution in [1.29, 1.82) is 0 Å². The number of aromatic nitrogens is 3. The van der Waals surface area contributed by atoms with Gasteiger partial charge in [0.05, 0.1) is 12.4 Å². The lowest BCUT2D eigenvalue weighted by Gasteiger charge is -2.02. The first-order valence-electron chi connectivity index (χ1n) is 4.70. The maximum absolute atomic E-state index is 13.4. The van der Waals surface area contributed by atoms with Gasteiger partial charge in [-0.2, -0.15) is 5.10 Å². The zero-order chi connectivity index (χ0) is 11.5. The third-order valence-corrected chi connectivity index (χ3v) is 2.36. The van der Waals surface area contributed by atoms with Crippen LogP contribution in [0.2, 0.25) is 0 Å². The lowest BCUT2D eigenvalue weighted by Crippen LogP contribution is -1.93. The van der Waals surface area contributed by atoms with Crippen LogP contribution in [0.4, 0.5) is 4.39 Å². The Labute approximate surface area is 100 Å². The highest BCUT2D eigenvalue weighted by Crippen LogP contribution is 2.23. The van der Waals surface area contributed by atoms with Crippen LogP contribution in [-0.4, -0.2) is 14.8 Å². The van der Waals surface area contributed by atoms with E-state index in [0.29, 0.717) is 10.2 Å². The molecule has 0 spiro atoms. The molecule has 0 fully saturated rings. The van der Waals surface area contributed by atoms with Gasteiger partial charge in [0.25, 0.3) is 5.88 Å². The summed E-state index contributed by atoms with van der Waals surface area (Å²) in [5.74, 6) is -0.104. The average Bonchev–Trinajstić information content (AvgIpc) is 2.70. The molecule has 0 radical (unpaired) electrons. The number of rotatable bonds is 3. The molecule has 6 heteroatoms. The first kappa shape index (κ1) is 11.1. The Balaban J connectivity index is 2.20. The summed E-state index contributed by atoms with van der Waals surface area (Å²) >= 11 is 3.12. The summed E-state index contributed by atoms with van der Waals surface area (Å²) in [6, 6.07) is 1.30. The van der Waals surface area contributed by atoms with Gasteiger partial charge >= 0.3 is 0 Å². The lowest BCUT2D eigenvalue weighted by atomic mass is 10.4. The van der Waals surface area contributed by atoms with Crippen LogP contribution in [0.5, 0.6) is 11.6 Å². The number of pyridine rings is 1. The van der Waals surface area contributed by atoms with Gasteiger partial charge in [-0.05, 0) is 28.9 Å². The fourth-order valence-corrected chi connectivity index (χ4v) is 1.46. The number of halogens is 2. The topological polar surface area (TPSA) is 39.9 Å². The molecular formula is C10H9BrFN3O. The summed E-state index contributed by atoms with van der Waals surface area (Å²) in [6.45, 7) is 2.69. The molecule has 2 rings (SSSR count). The molecule has 2 aromatic heterocycles. The van der Waals surface area contributed by atoms with E-state index in [4.69, 9.17) is 4.74 Å². The summed E-state index contributed by atoms with van der Waals surface area (Å²) in [6.07, 6.45) is 4.68. The van der Waals surface area contributed by atoms with Gasteiger partial charge in [0.2, 0.25) is 0 Å². The van der Waals surface area contributed by atoms with E-state index in [9.17, 15) is 4.39 Å². The Morgan fingerprint density at radius 1 is 1.50 bits per heavy atom. The van der Waals surface area contributed by atoms with E-state index in [1.165, 1.54) is 18.5 Å². The summed E-state index contributed by atoms with van der Waals surface area (Å²) in [7, 11) is 0. The molecule has 2 aromatic rings. The zero-order valence-electron chi connectivity index (χ0n) is 8.52. The SMILES string of the molecule is CCn1cc(Oc2ncc(Br)cc2F)cn1. The number of nitrogens with zero attached hydrogens (tertiary/aromatic N) is 3. The van der Waals surface area contributed by atoms with Gasteiger partial charge in [-0.3, -0.25) is 4.68 Å². The molecule has 16 heavy (non-hydrogen) atoms. The Kier molecular flexibility index (Phi) is 3.19. The van der Waals surface area contributed by atoms with Crippen LogP contribution >= 0.6 is 15.9 Å². The Morgan fingerprint density at radius 2 is 2.31 bits per heavy atom. The van der Waals surface area contributed by atoms with Crippen LogP contribution in [0, 0.1) is 5.82 Å². The molecule has 0 aromatic carbocycles. The minimum atomic E-state index is -0.515. The smallest absolute Gasteiger partial charge is 0.256 e. The van der Waals surface area contributed by atoms with Crippen molar-refractivity contribution in [2.45, 2.75) is 13.5 Å². The molecule has 0 saturated carbocycles. The van der Waals surface area contributed by atoms with Crippen molar-refractivity contribution in [1.82, 2.24) is 14.8 Å². The molecule has 0 saturated heterocycles. The Bertz CT molecular complexity index is 501. The zero-order valence-corrected chi connectivity index (χ0v) is 10.1. The van der Waals surface area contributed by atoms with Gasteiger partial charge in [-0.15, -0.1) is 0 Å². The molecule has 0 aliphatic heterocycles. The summed E-state index contributed by atoms with van der Waals surface area (Å²) in [5, 5.41) is 4.01. The minimum Gasteiger partial charge on any atom is -0.433 e. The second kappa shape index (κ2) is 4.61. The van der Waals surface area contributed by atoms with Crippen molar-refractivity contribution in [3.05, 3.63) is 34.9 Å². The van der Waals surface area contributed by atoms with Crippen molar-refractivity contribution in [3.8, 4) is 11.6 Å². The normalized spacial score (nSPS) is 10.4. The van der Waals surface area contributed by atoms with E-state index in [1.54, 1.807) is 10.9 Å². The van der Waals surface area contributed by atoms with Crippen molar-refractivity contribution < 1.29 is 9.13 Å². The molecule has 2 heterocycles. The highest BCUT2D eigenvalue weighted by Gasteiger charge is 2.08. The molecule has 0 amide bonds. The Hall–Kier alpha value is -1.43. The molecule has 0 atom stereocenters. The molecule has 0 N–H and O–H groups in total. The molecule has 4 nitrogen and oxygen atoms in total. The molecule has 0 bridgehead atoms.